The molecular formula is C60H69N17O12S3. The van der Waals surface area contributed by atoms with Gasteiger partial charge in [-0.05, 0) is 182 Å². The Morgan fingerprint density at radius 3 is 1.12 bits per heavy atom. The standard InChI is InChI=1S/C21H25N5O4S.C20H22N6O3S.C19H22N6O5S/c1-13(27)24-31(29,18-12-22-26-9-4-10-30-20(18)26)25-21(28)23-19-16-7-2-5-14(16)11-15-6-3-8-17(15)19;21-12-23-30(28,17-11-22-26-8-3-9-29-19(17)26)25-20(27)24-18-15-6-1-4-13(15)10-14-5-2-7-16(14)18;26-19(21-17-14-6-1-4-12(14)10-13-5-2-7-15(13)17)22-31(29,23-25(27)28)16-11-20-24-8-3-9-30-18(16)24/h11-12H,2-10H2,1H3,(H2,23,24,25,27,28,29);10-11H,1-9H2,(H2,23,24,25,27,28);10-11H,1-9H2,(H2,21,22,23,26,29). The van der Waals surface area contributed by atoms with E-state index in [0.717, 1.165) is 168 Å². The van der Waals surface area contributed by atoms with Gasteiger partial charge < -0.3 is 30.2 Å². The fourth-order valence-corrected chi connectivity index (χ4v) is 18.2. The highest BCUT2D eigenvalue weighted by molar-refractivity contribution is 7.93. The summed E-state index contributed by atoms with van der Waals surface area (Å²) in [5, 5.41) is 40.3. The van der Waals surface area contributed by atoms with Gasteiger partial charge in [0.2, 0.25) is 38.8 Å². The molecule has 15 rings (SSSR count). The van der Waals surface area contributed by atoms with Crippen molar-refractivity contribution in [3.63, 3.8) is 0 Å². The van der Waals surface area contributed by atoms with Gasteiger partial charge in [-0.25, -0.2) is 65.3 Å². The van der Waals surface area contributed by atoms with Gasteiger partial charge in [-0.2, -0.15) is 20.6 Å². The number of ether oxygens (including phenoxy) is 3. The molecule has 6 aliphatic carbocycles. The number of fused-ring (bicyclic) bond motifs is 9. The molecule has 3 aromatic carbocycles. The number of hydrogen-bond donors (Lipinski definition) is 6. The molecule has 0 radical (unpaired) electrons. The van der Waals surface area contributed by atoms with Crippen LogP contribution in [0.5, 0.6) is 17.6 Å². The van der Waals surface area contributed by atoms with Gasteiger partial charge in [-0.15, -0.1) is 4.36 Å². The summed E-state index contributed by atoms with van der Waals surface area (Å²) < 4.78 is 79.6. The number of anilines is 3. The molecule has 3 aliphatic heterocycles. The van der Waals surface area contributed by atoms with Crippen LogP contribution in [0.4, 0.5) is 31.4 Å². The highest BCUT2D eigenvalue weighted by Crippen LogP contribution is 2.42. The fraction of sp³-hybridized carbons (Fsp3) is 0.467. The Morgan fingerprint density at radius 1 is 0.500 bits per heavy atom. The monoisotopic (exact) mass is 1320 g/mol. The van der Waals surface area contributed by atoms with Crippen molar-refractivity contribution < 1.29 is 51.0 Å². The third-order valence-corrected chi connectivity index (χ3v) is 23.1. The lowest BCUT2D eigenvalue weighted by atomic mass is 9.99. The minimum atomic E-state index is -3.96. The Morgan fingerprint density at radius 2 is 0.804 bits per heavy atom. The zero-order chi connectivity index (χ0) is 63.9. The van der Waals surface area contributed by atoms with Gasteiger partial charge in [0.15, 0.2) is 29.6 Å². The number of nitro groups is 1. The smallest absolute Gasteiger partial charge is 0.332 e. The summed E-state index contributed by atoms with van der Waals surface area (Å²) in [4.78, 5) is 61.9. The van der Waals surface area contributed by atoms with Gasteiger partial charge in [0.25, 0.3) is 5.91 Å². The molecule has 92 heavy (non-hydrogen) atoms. The van der Waals surface area contributed by atoms with Crippen LogP contribution in [0.15, 0.2) is 64.7 Å². The number of nitrogens with one attached hydrogen (secondary N) is 6. The summed E-state index contributed by atoms with van der Waals surface area (Å²) >= 11 is 0. The van der Waals surface area contributed by atoms with Crippen molar-refractivity contribution in [2.45, 2.75) is 176 Å². The van der Waals surface area contributed by atoms with Crippen molar-refractivity contribution in [3.8, 4) is 23.8 Å². The molecule has 32 heteroatoms. The van der Waals surface area contributed by atoms with Gasteiger partial charge in [0, 0.05) is 62.9 Å². The van der Waals surface area contributed by atoms with Gasteiger partial charge in [0.05, 0.1) is 38.4 Å². The number of nitriles is 1. The summed E-state index contributed by atoms with van der Waals surface area (Å²) in [5.41, 5.74) is 16.9. The average Bonchev–Trinajstić information content (AvgIpc) is 1.62. The van der Waals surface area contributed by atoms with Crippen molar-refractivity contribution in [2.24, 2.45) is 13.2 Å². The third kappa shape index (κ3) is 12.2. The molecule has 6 aromatic rings. The molecule has 484 valence electrons. The molecule has 6 heterocycles. The Bertz CT molecular complexity index is 4230. The Hall–Kier alpha value is -9.09. The van der Waals surface area contributed by atoms with E-state index in [1.807, 2.05) is 0 Å². The first kappa shape index (κ1) is 61.8. The topological polar surface area (TPSA) is 377 Å². The van der Waals surface area contributed by atoms with Crippen molar-refractivity contribution >= 4 is 70.8 Å². The van der Waals surface area contributed by atoms with Crippen molar-refractivity contribution in [3.05, 3.63) is 114 Å². The molecule has 0 bridgehead atoms. The average molecular weight is 1320 g/mol. The second kappa shape index (κ2) is 25.5. The second-order valence-electron chi connectivity index (χ2n) is 23.8. The summed E-state index contributed by atoms with van der Waals surface area (Å²) in [7, 11) is -11.1. The number of aryl methyl sites for hydroxylation is 9. The summed E-state index contributed by atoms with van der Waals surface area (Å²) in [6, 6.07) is 4.68. The molecule has 0 saturated carbocycles. The number of carbonyl (C=O) groups excluding carboxylic acids is 4. The number of hydrogen-bond acceptors (Lipinski definition) is 17. The molecule has 3 atom stereocenters. The van der Waals surface area contributed by atoms with Crippen LogP contribution in [0, 0.1) is 21.6 Å². The molecule has 7 amide bonds. The van der Waals surface area contributed by atoms with Crippen LogP contribution in [0.1, 0.15) is 131 Å². The lowest BCUT2D eigenvalue weighted by Crippen LogP contribution is -2.35. The minimum Gasteiger partial charge on any atom is -0.477 e. The number of aromatic nitrogens is 6. The van der Waals surface area contributed by atoms with E-state index in [4.69, 9.17) is 19.5 Å². The summed E-state index contributed by atoms with van der Waals surface area (Å²) in [6.07, 6.45) is 25.4. The maximum Gasteiger partial charge on any atom is 0.332 e. The maximum absolute atomic E-state index is 13.7. The highest BCUT2D eigenvalue weighted by Gasteiger charge is 2.35. The highest BCUT2D eigenvalue weighted by atomic mass is 32.2. The summed E-state index contributed by atoms with van der Waals surface area (Å²) in [5.74, 6) is 0.0429. The van der Waals surface area contributed by atoms with E-state index in [1.54, 1.807) is 15.6 Å². The van der Waals surface area contributed by atoms with Crippen LogP contribution in [0.3, 0.4) is 0 Å². The second-order valence-corrected chi connectivity index (χ2v) is 29.4. The number of benzene rings is 3. The fourth-order valence-electron chi connectivity index (χ4n) is 14.1. The lowest BCUT2D eigenvalue weighted by molar-refractivity contribution is -0.482. The summed E-state index contributed by atoms with van der Waals surface area (Å²) in [6.45, 7) is 4.22. The lowest BCUT2D eigenvalue weighted by Gasteiger charge is -2.19. The van der Waals surface area contributed by atoms with Gasteiger partial charge >= 0.3 is 18.1 Å². The first-order valence-electron chi connectivity index (χ1n) is 31.1. The number of nitrogens with zero attached hydrogens (tertiary/aromatic N) is 11. The predicted octanol–water partition coefficient (Wildman–Crippen LogP) is 7.84. The Kier molecular flexibility index (Phi) is 17.1. The molecule has 3 aromatic heterocycles. The molecule has 3 unspecified atom stereocenters. The van der Waals surface area contributed by atoms with Gasteiger partial charge in [-0.1, -0.05) is 22.6 Å². The van der Waals surface area contributed by atoms with Crippen molar-refractivity contribution in [1.82, 2.24) is 43.5 Å². The first-order valence-corrected chi connectivity index (χ1v) is 35.7. The molecule has 29 nitrogen and oxygen atoms in total. The molecular weight excluding hydrogens is 1250 g/mol. The predicted molar refractivity (Wildman–Crippen MR) is 335 cm³/mol. The zero-order valence-electron chi connectivity index (χ0n) is 50.6. The van der Waals surface area contributed by atoms with Crippen molar-refractivity contribution in [1.29, 1.82) is 5.26 Å². The molecule has 6 N–H and O–H groups in total. The van der Waals surface area contributed by atoms with E-state index in [-0.39, 0.29) is 32.3 Å². The first-order chi connectivity index (χ1) is 44.5. The quantitative estimate of drug-likeness (QED) is 0.0432. The van der Waals surface area contributed by atoms with Crippen LogP contribution < -0.4 is 44.3 Å². The van der Waals surface area contributed by atoms with E-state index in [2.05, 4.69) is 76.8 Å². The van der Waals surface area contributed by atoms with Crippen LogP contribution in [-0.4, -0.2) is 90.8 Å². The molecule has 0 saturated heterocycles. The van der Waals surface area contributed by atoms with Crippen LogP contribution in [0.25, 0.3) is 0 Å². The number of carbonyl (C=O) groups is 4. The van der Waals surface area contributed by atoms with Gasteiger partial charge in [0.1, 0.15) is 9.37 Å². The maximum atomic E-state index is 13.7. The third-order valence-electron chi connectivity index (χ3n) is 17.9. The van der Waals surface area contributed by atoms with E-state index >= 15 is 0 Å². The van der Waals surface area contributed by atoms with E-state index < -0.39 is 58.8 Å². The Balaban J connectivity index is 0.000000126. The van der Waals surface area contributed by atoms with Gasteiger partial charge in [-0.3, -0.25) is 4.79 Å². The van der Waals surface area contributed by atoms with Crippen molar-refractivity contribution in [2.75, 3.05) is 35.8 Å². The van der Waals surface area contributed by atoms with E-state index in [0.29, 0.717) is 45.9 Å². The number of urea groups is 3. The normalized spacial score (nSPS) is 18.2. The minimum absolute atomic E-state index is 0.109. The Labute approximate surface area is 530 Å². The number of amides is 7. The van der Waals surface area contributed by atoms with Crippen LogP contribution >= 0.6 is 0 Å². The SMILES string of the molecule is CC(=O)N=S(=O)(NC(=O)Nc1c2c(cc3c1CCC3)CCC2)c1cnn2c1OCCC2.N#CN=S(=O)(NC(=O)Nc1c2c(cc3c1CCC3)CCC2)c1cnn2c1OCCC2.O=C(Nc1c2c(cc3c1CCC3)CCC2)NS(=O)(=N[N+](=O)[O-])c1cnn2c1OCCC2. The molecule has 0 fully saturated rings. The zero-order valence-corrected chi connectivity index (χ0v) is 53.0. The molecule has 9 aliphatic rings. The number of rotatable bonds is 10. The van der Waals surface area contributed by atoms with E-state index in [1.165, 1.54) is 74.7 Å². The largest absolute Gasteiger partial charge is 0.477 e. The van der Waals surface area contributed by atoms with Crippen LogP contribution in [-0.2, 0) is 131 Å². The van der Waals surface area contributed by atoms with E-state index in [9.17, 15) is 41.9 Å². The van der Waals surface area contributed by atoms with Crippen LogP contribution in [0.2, 0.25) is 0 Å². The molecule has 0 spiro atoms.